The van der Waals surface area contributed by atoms with Crippen molar-refractivity contribution in [2.45, 2.75) is 25.3 Å². The number of halogens is 1. The Labute approximate surface area is 87.3 Å². The minimum absolute atomic E-state index is 0.212. The van der Waals surface area contributed by atoms with Gasteiger partial charge in [-0.2, -0.15) is 0 Å². The molecule has 14 heavy (non-hydrogen) atoms. The Morgan fingerprint density at radius 1 is 1.64 bits per heavy atom. The Balaban J connectivity index is 3.22. The van der Waals surface area contributed by atoms with E-state index in [4.69, 9.17) is 16.3 Å². The van der Waals surface area contributed by atoms with E-state index in [0.29, 0.717) is 11.5 Å². The molecule has 0 amide bonds. The molecule has 0 aromatic carbocycles. The first-order valence-electron chi connectivity index (χ1n) is 4.21. The van der Waals surface area contributed by atoms with E-state index in [2.05, 4.69) is 9.97 Å². The van der Waals surface area contributed by atoms with E-state index >= 15 is 0 Å². The highest BCUT2D eigenvalue weighted by Gasteiger charge is 2.22. The van der Waals surface area contributed by atoms with E-state index in [0.717, 1.165) is 0 Å². The van der Waals surface area contributed by atoms with Crippen LogP contribution in [0, 0.1) is 0 Å². The van der Waals surface area contributed by atoms with Gasteiger partial charge < -0.3 is 9.72 Å². The predicted molar refractivity (Wildman–Crippen MR) is 54.4 cm³/mol. The normalized spacial score (nSPS) is 11.7. The third-order valence-corrected chi connectivity index (χ3v) is 2.29. The van der Waals surface area contributed by atoms with E-state index in [9.17, 15) is 4.79 Å². The first-order valence-corrected chi connectivity index (χ1v) is 4.75. The molecule has 0 spiro atoms. The number of nitrogens with one attached hydrogen (secondary N) is 1. The molecule has 1 rings (SSSR count). The number of nitrogens with zero attached hydrogens (tertiary/aromatic N) is 1. The van der Waals surface area contributed by atoms with E-state index in [-0.39, 0.29) is 11.4 Å². The zero-order valence-electron chi connectivity index (χ0n) is 8.43. The molecule has 0 aliphatic carbocycles. The topological polar surface area (TPSA) is 55.0 Å². The number of H-pyrrole nitrogens is 1. The highest BCUT2D eigenvalue weighted by molar-refractivity contribution is 6.16. The van der Waals surface area contributed by atoms with Crippen LogP contribution in [-0.4, -0.2) is 17.1 Å². The Morgan fingerprint density at radius 2 is 2.29 bits per heavy atom. The summed E-state index contributed by atoms with van der Waals surface area (Å²) in [6.45, 7) is 3.65. The summed E-state index contributed by atoms with van der Waals surface area (Å²) in [5, 5.41) is 0. The SMILES string of the molecule is COC(C)(C)c1nc(CCl)cc(=O)[nH]1. The number of aromatic amines is 1. The maximum absolute atomic E-state index is 11.2. The Morgan fingerprint density at radius 3 is 2.79 bits per heavy atom. The van der Waals surface area contributed by atoms with Crippen molar-refractivity contribution in [3.63, 3.8) is 0 Å². The molecule has 1 aromatic rings. The number of alkyl halides is 1. The van der Waals surface area contributed by atoms with Crippen LogP contribution in [-0.2, 0) is 16.2 Å². The summed E-state index contributed by atoms with van der Waals surface area (Å²) in [5.41, 5.74) is -0.271. The van der Waals surface area contributed by atoms with E-state index in [1.807, 2.05) is 13.8 Å². The fourth-order valence-corrected chi connectivity index (χ4v) is 1.10. The molecule has 0 aliphatic heterocycles. The largest absolute Gasteiger partial charge is 0.371 e. The number of aromatic nitrogens is 2. The summed E-state index contributed by atoms with van der Waals surface area (Å²) in [5.74, 6) is 0.708. The second-order valence-electron chi connectivity index (χ2n) is 3.43. The van der Waals surface area contributed by atoms with Gasteiger partial charge in [-0.15, -0.1) is 11.6 Å². The summed E-state index contributed by atoms with van der Waals surface area (Å²) in [6.07, 6.45) is 0. The van der Waals surface area contributed by atoms with Gasteiger partial charge in [0, 0.05) is 13.2 Å². The van der Waals surface area contributed by atoms with E-state index < -0.39 is 5.60 Å². The molecule has 0 fully saturated rings. The van der Waals surface area contributed by atoms with Crippen LogP contribution in [0.5, 0.6) is 0 Å². The quantitative estimate of drug-likeness (QED) is 0.777. The molecule has 5 heteroatoms. The van der Waals surface area contributed by atoms with Gasteiger partial charge in [0.15, 0.2) is 0 Å². The fraction of sp³-hybridized carbons (Fsp3) is 0.556. The third-order valence-electron chi connectivity index (χ3n) is 2.01. The molecule has 0 aliphatic rings. The summed E-state index contributed by atoms with van der Waals surface area (Å²) in [4.78, 5) is 18.0. The van der Waals surface area contributed by atoms with E-state index in [1.165, 1.54) is 6.07 Å². The molecule has 4 nitrogen and oxygen atoms in total. The summed E-state index contributed by atoms with van der Waals surface area (Å²) >= 11 is 5.61. The molecule has 78 valence electrons. The zero-order chi connectivity index (χ0) is 10.8. The van der Waals surface area contributed by atoms with Gasteiger partial charge in [-0.1, -0.05) is 0 Å². The van der Waals surface area contributed by atoms with Crippen molar-refractivity contribution in [3.05, 3.63) is 27.9 Å². The highest BCUT2D eigenvalue weighted by Crippen LogP contribution is 2.18. The first kappa shape index (κ1) is 11.2. The maximum atomic E-state index is 11.2. The van der Waals surface area contributed by atoms with Crippen LogP contribution in [0.4, 0.5) is 0 Å². The molecule has 1 N–H and O–H groups in total. The van der Waals surface area contributed by atoms with Crippen LogP contribution in [0.15, 0.2) is 10.9 Å². The lowest BCUT2D eigenvalue weighted by molar-refractivity contribution is 0.0111. The first-order chi connectivity index (χ1) is 6.49. The predicted octanol–water partition coefficient (Wildman–Crippen LogP) is 1.39. The zero-order valence-corrected chi connectivity index (χ0v) is 9.18. The van der Waals surface area contributed by atoms with Crippen LogP contribution in [0.3, 0.4) is 0 Å². The lowest BCUT2D eigenvalue weighted by atomic mass is 10.1. The van der Waals surface area contributed by atoms with Crippen molar-refractivity contribution in [1.82, 2.24) is 9.97 Å². The van der Waals surface area contributed by atoms with Crippen molar-refractivity contribution >= 4 is 11.6 Å². The minimum Gasteiger partial charge on any atom is -0.371 e. The average molecular weight is 217 g/mol. The van der Waals surface area contributed by atoms with Crippen molar-refractivity contribution in [3.8, 4) is 0 Å². The van der Waals surface area contributed by atoms with E-state index in [1.54, 1.807) is 7.11 Å². The monoisotopic (exact) mass is 216 g/mol. The fourth-order valence-electron chi connectivity index (χ4n) is 0.958. The van der Waals surface area contributed by atoms with Gasteiger partial charge in [-0.25, -0.2) is 4.98 Å². The van der Waals surface area contributed by atoms with Crippen LogP contribution >= 0.6 is 11.6 Å². The summed E-state index contributed by atoms with van der Waals surface area (Å²) in [6, 6.07) is 1.38. The van der Waals surface area contributed by atoms with Gasteiger partial charge in [0.2, 0.25) is 0 Å². The van der Waals surface area contributed by atoms with Gasteiger partial charge >= 0.3 is 0 Å². The van der Waals surface area contributed by atoms with Crippen molar-refractivity contribution in [1.29, 1.82) is 0 Å². The lowest BCUT2D eigenvalue weighted by Gasteiger charge is -2.21. The third kappa shape index (κ3) is 2.33. The Kier molecular flexibility index (Phi) is 3.29. The summed E-state index contributed by atoms with van der Waals surface area (Å²) < 4.78 is 5.20. The smallest absolute Gasteiger partial charge is 0.251 e. The van der Waals surface area contributed by atoms with Crippen molar-refractivity contribution < 1.29 is 4.74 Å². The molecule has 0 saturated carbocycles. The van der Waals surface area contributed by atoms with Crippen molar-refractivity contribution in [2.75, 3.05) is 7.11 Å². The molecule has 0 atom stereocenters. The van der Waals surface area contributed by atoms with Gasteiger partial charge in [-0.05, 0) is 13.8 Å². The molecule has 1 aromatic heterocycles. The molecule has 0 bridgehead atoms. The Hall–Kier alpha value is -0.870. The number of rotatable bonds is 3. The minimum atomic E-state index is -0.610. The number of hydrogen-bond donors (Lipinski definition) is 1. The molecule has 1 heterocycles. The second kappa shape index (κ2) is 4.11. The molecule has 0 unspecified atom stereocenters. The van der Waals surface area contributed by atoms with Crippen LogP contribution in [0.2, 0.25) is 0 Å². The van der Waals surface area contributed by atoms with Crippen LogP contribution in [0.25, 0.3) is 0 Å². The van der Waals surface area contributed by atoms with Crippen molar-refractivity contribution in [2.24, 2.45) is 0 Å². The number of ether oxygens (including phenoxy) is 1. The second-order valence-corrected chi connectivity index (χ2v) is 3.70. The van der Waals surface area contributed by atoms with Gasteiger partial charge in [0.1, 0.15) is 11.4 Å². The molecular formula is C9H13ClN2O2. The summed E-state index contributed by atoms with van der Waals surface area (Å²) in [7, 11) is 1.56. The number of methoxy groups -OCH3 is 1. The number of hydrogen-bond acceptors (Lipinski definition) is 3. The maximum Gasteiger partial charge on any atom is 0.251 e. The van der Waals surface area contributed by atoms with Gasteiger partial charge in [-0.3, -0.25) is 4.79 Å². The lowest BCUT2D eigenvalue weighted by Crippen LogP contribution is -2.27. The van der Waals surface area contributed by atoms with Gasteiger partial charge in [0.05, 0.1) is 11.6 Å². The average Bonchev–Trinajstić information content (AvgIpc) is 2.16. The molecule has 0 saturated heterocycles. The standard InChI is InChI=1S/C9H13ClN2O2/c1-9(2,14-3)8-11-6(5-10)4-7(13)12-8/h4H,5H2,1-3H3,(H,11,12,13). The molecular weight excluding hydrogens is 204 g/mol. The van der Waals surface area contributed by atoms with Crippen LogP contribution in [0.1, 0.15) is 25.4 Å². The Bertz CT molecular complexity index is 373. The van der Waals surface area contributed by atoms with Gasteiger partial charge in [0.25, 0.3) is 5.56 Å². The van der Waals surface area contributed by atoms with Crippen LogP contribution < -0.4 is 5.56 Å². The highest BCUT2D eigenvalue weighted by atomic mass is 35.5. The molecule has 0 radical (unpaired) electrons.